The average molecular weight is 304 g/mol. The molecule has 1 aliphatic rings. The molecule has 0 atom stereocenters. The van der Waals surface area contributed by atoms with Gasteiger partial charge < -0.3 is 14.9 Å². The number of piperidine rings is 1. The highest BCUT2D eigenvalue weighted by molar-refractivity contribution is 5.77. The summed E-state index contributed by atoms with van der Waals surface area (Å²) in [5, 5.41) is 10.4. The second-order valence-corrected chi connectivity index (χ2v) is 6.36. The minimum Gasteiger partial charge on any atom is -0.390 e. The van der Waals surface area contributed by atoms with Crippen molar-refractivity contribution in [2.24, 2.45) is 0 Å². The van der Waals surface area contributed by atoms with Gasteiger partial charge >= 0.3 is 0 Å². The summed E-state index contributed by atoms with van der Waals surface area (Å²) in [6, 6.07) is 10.1. The maximum absolute atomic E-state index is 12.3. The molecule has 0 aliphatic carbocycles. The average Bonchev–Trinajstić information content (AvgIpc) is 2.54. The number of likely N-dealkylation sites (tertiary alicyclic amines) is 1. The lowest BCUT2D eigenvalue weighted by atomic mass is 9.87. The van der Waals surface area contributed by atoms with Crippen LogP contribution in [0.25, 0.3) is 0 Å². The Morgan fingerprint density at radius 3 is 2.50 bits per heavy atom. The van der Waals surface area contributed by atoms with Crippen LogP contribution >= 0.6 is 0 Å². The summed E-state index contributed by atoms with van der Waals surface area (Å²) in [5.74, 6) is 0.196. The van der Waals surface area contributed by atoms with E-state index in [1.807, 2.05) is 30.1 Å². The van der Waals surface area contributed by atoms with Gasteiger partial charge in [0.15, 0.2) is 0 Å². The van der Waals surface area contributed by atoms with Crippen molar-refractivity contribution in [2.75, 3.05) is 31.6 Å². The molecule has 4 nitrogen and oxygen atoms in total. The number of aliphatic hydroxyl groups is 1. The topological polar surface area (TPSA) is 43.8 Å². The van der Waals surface area contributed by atoms with Gasteiger partial charge in [0.25, 0.3) is 0 Å². The van der Waals surface area contributed by atoms with Crippen LogP contribution in [0.1, 0.15) is 39.0 Å². The monoisotopic (exact) mass is 304 g/mol. The highest BCUT2D eigenvalue weighted by Crippen LogP contribution is 2.27. The van der Waals surface area contributed by atoms with E-state index in [0.717, 1.165) is 25.1 Å². The molecule has 1 aromatic rings. The van der Waals surface area contributed by atoms with Gasteiger partial charge in [0.2, 0.25) is 5.91 Å². The molecule has 1 saturated heterocycles. The zero-order valence-corrected chi connectivity index (χ0v) is 13.8. The fourth-order valence-electron chi connectivity index (χ4n) is 3.12. The van der Waals surface area contributed by atoms with E-state index < -0.39 is 5.60 Å². The van der Waals surface area contributed by atoms with E-state index in [9.17, 15) is 9.90 Å². The lowest BCUT2D eigenvalue weighted by Gasteiger charge is -2.38. The first kappa shape index (κ1) is 16.8. The number of nitrogens with zero attached hydrogens (tertiary/aromatic N) is 2. The van der Waals surface area contributed by atoms with Gasteiger partial charge in [-0.15, -0.1) is 0 Å². The predicted molar refractivity (Wildman–Crippen MR) is 90.0 cm³/mol. The standard InChI is InChI=1S/C18H28N2O2/c1-3-10-18(22)11-14-20(15-12-18)17(21)9-13-19(2)16-7-5-4-6-8-16/h4-8,22H,3,9-15H2,1-2H3. The lowest BCUT2D eigenvalue weighted by Crippen LogP contribution is -2.47. The number of benzene rings is 1. The molecule has 0 saturated carbocycles. The van der Waals surface area contributed by atoms with Crippen molar-refractivity contribution in [3.05, 3.63) is 30.3 Å². The number of carbonyl (C=O) groups is 1. The highest BCUT2D eigenvalue weighted by Gasteiger charge is 2.32. The van der Waals surface area contributed by atoms with Crippen LogP contribution in [0.15, 0.2) is 30.3 Å². The van der Waals surface area contributed by atoms with Crippen LogP contribution in [0, 0.1) is 0 Å². The Balaban J connectivity index is 1.77. The van der Waals surface area contributed by atoms with Crippen molar-refractivity contribution in [1.82, 2.24) is 4.90 Å². The normalized spacial score (nSPS) is 17.3. The lowest BCUT2D eigenvalue weighted by molar-refractivity contribution is -0.135. The van der Waals surface area contributed by atoms with E-state index >= 15 is 0 Å². The maximum atomic E-state index is 12.3. The third kappa shape index (κ3) is 4.47. The fraction of sp³-hybridized carbons (Fsp3) is 0.611. The Bertz CT molecular complexity index is 467. The summed E-state index contributed by atoms with van der Waals surface area (Å²) in [7, 11) is 2.01. The van der Waals surface area contributed by atoms with Gasteiger partial charge in [-0.05, 0) is 31.4 Å². The maximum Gasteiger partial charge on any atom is 0.224 e. The Morgan fingerprint density at radius 2 is 1.91 bits per heavy atom. The second-order valence-electron chi connectivity index (χ2n) is 6.36. The minimum atomic E-state index is -0.549. The summed E-state index contributed by atoms with van der Waals surface area (Å²) in [6.07, 6.45) is 3.78. The van der Waals surface area contributed by atoms with Gasteiger partial charge in [-0.2, -0.15) is 0 Å². The zero-order valence-electron chi connectivity index (χ0n) is 13.8. The van der Waals surface area contributed by atoms with E-state index in [1.165, 1.54) is 0 Å². The Kier molecular flexibility index (Phi) is 5.83. The molecule has 1 N–H and O–H groups in total. The van der Waals surface area contributed by atoms with E-state index in [0.29, 0.717) is 32.4 Å². The van der Waals surface area contributed by atoms with Gasteiger partial charge in [0.1, 0.15) is 0 Å². The molecule has 1 heterocycles. The van der Waals surface area contributed by atoms with Crippen LogP contribution in [-0.4, -0.2) is 48.2 Å². The Morgan fingerprint density at radius 1 is 1.27 bits per heavy atom. The largest absolute Gasteiger partial charge is 0.390 e. The first-order valence-corrected chi connectivity index (χ1v) is 8.30. The number of carbonyl (C=O) groups excluding carboxylic acids is 1. The fourth-order valence-corrected chi connectivity index (χ4v) is 3.12. The molecule has 1 aliphatic heterocycles. The molecular formula is C18H28N2O2. The molecule has 0 aromatic heterocycles. The number of rotatable bonds is 6. The summed E-state index contributed by atoms with van der Waals surface area (Å²) in [4.78, 5) is 16.3. The number of amides is 1. The molecule has 0 bridgehead atoms. The smallest absolute Gasteiger partial charge is 0.224 e. The number of para-hydroxylation sites is 1. The van der Waals surface area contributed by atoms with E-state index in [-0.39, 0.29) is 5.91 Å². The first-order chi connectivity index (χ1) is 10.5. The summed E-state index contributed by atoms with van der Waals surface area (Å²) in [6.45, 7) is 4.18. The van der Waals surface area contributed by atoms with Crippen LogP contribution in [-0.2, 0) is 4.79 Å². The van der Waals surface area contributed by atoms with Crippen molar-refractivity contribution < 1.29 is 9.90 Å². The minimum absolute atomic E-state index is 0.196. The molecule has 122 valence electrons. The van der Waals surface area contributed by atoms with Gasteiger partial charge in [-0.25, -0.2) is 0 Å². The number of hydrogen-bond donors (Lipinski definition) is 1. The molecule has 1 aromatic carbocycles. The third-order valence-electron chi connectivity index (χ3n) is 4.62. The van der Waals surface area contributed by atoms with E-state index in [2.05, 4.69) is 24.0 Å². The quantitative estimate of drug-likeness (QED) is 0.879. The van der Waals surface area contributed by atoms with Crippen molar-refractivity contribution in [3.8, 4) is 0 Å². The van der Waals surface area contributed by atoms with Gasteiger partial charge in [0.05, 0.1) is 5.60 Å². The first-order valence-electron chi connectivity index (χ1n) is 8.30. The molecule has 0 unspecified atom stereocenters. The molecule has 1 fully saturated rings. The summed E-state index contributed by atoms with van der Waals surface area (Å²) < 4.78 is 0. The van der Waals surface area contributed by atoms with Crippen molar-refractivity contribution in [3.63, 3.8) is 0 Å². The highest BCUT2D eigenvalue weighted by atomic mass is 16.3. The van der Waals surface area contributed by atoms with Gasteiger partial charge in [0, 0.05) is 38.8 Å². The number of hydrogen-bond acceptors (Lipinski definition) is 3. The number of anilines is 1. The second kappa shape index (κ2) is 7.63. The van der Waals surface area contributed by atoms with Crippen LogP contribution in [0.2, 0.25) is 0 Å². The SMILES string of the molecule is CCCC1(O)CCN(C(=O)CCN(C)c2ccccc2)CC1. The molecule has 0 radical (unpaired) electrons. The van der Waals surface area contributed by atoms with Crippen LogP contribution in [0.4, 0.5) is 5.69 Å². The van der Waals surface area contributed by atoms with Crippen molar-refractivity contribution in [2.45, 2.75) is 44.6 Å². The van der Waals surface area contributed by atoms with E-state index in [4.69, 9.17) is 0 Å². The van der Waals surface area contributed by atoms with Crippen LogP contribution in [0.5, 0.6) is 0 Å². The van der Waals surface area contributed by atoms with Gasteiger partial charge in [-0.1, -0.05) is 31.5 Å². The van der Waals surface area contributed by atoms with Crippen molar-refractivity contribution >= 4 is 11.6 Å². The molecule has 22 heavy (non-hydrogen) atoms. The molecular weight excluding hydrogens is 276 g/mol. The van der Waals surface area contributed by atoms with Crippen LogP contribution < -0.4 is 4.90 Å². The molecule has 0 spiro atoms. The summed E-state index contributed by atoms with van der Waals surface area (Å²) in [5.41, 5.74) is 0.582. The third-order valence-corrected chi connectivity index (χ3v) is 4.62. The molecule has 1 amide bonds. The van der Waals surface area contributed by atoms with Crippen molar-refractivity contribution in [1.29, 1.82) is 0 Å². The van der Waals surface area contributed by atoms with Gasteiger partial charge in [-0.3, -0.25) is 4.79 Å². The Hall–Kier alpha value is -1.55. The molecule has 4 heteroatoms. The molecule has 2 rings (SSSR count). The Labute approximate surface area is 133 Å². The van der Waals surface area contributed by atoms with E-state index in [1.54, 1.807) is 0 Å². The predicted octanol–water partition coefficient (Wildman–Crippen LogP) is 2.67. The van der Waals surface area contributed by atoms with Crippen LogP contribution in [0.3, 0.4) is 0 Å². The summed E-state index contributed by atoms with van der Waals surface area (Å²) >= 11 is 0. The zero-order chi connectivity index (χ0) is 16.0.